The molecule has 1 aromatic rings. The van der Waals surface area contributed by atoms with Gasteiger partial charge in [0, 0.05) is 5.38 Å². The van der Waals surface area contributed by atoms with Gasteiger partial charge in [0.25, 0.3) is 0 Å². The van der Waals surface area contributed by atoms with Crippen LogP contribution in [0, 0.1) is 0 Å². The Balaban J connectivity index is 2.85. The molecule has 0 spiro atoms. The Morgan fingerprint density at radius 1 is 1.70 bits per heavy atom. The van der Waals surface area contributed by atoms with Crippen molar-refractivity contribution in [2.75, 3.05) is 5.88 Å². The second kappa shape index (κ2) is 3.37. The second-order valence-electron chi connectivity index (χ2n) is 1.69. The van der Waals surface area contributed by atoms with Crippen LogP contribution < -0.4 is 0 Å². The number of ketones is 1. The maximum absolute atomic E-state index is 10.8. The summed E-state index contributed by atoms with van der Waals surface area (Å²) < 4.78 is 0. The molecule has 0 aromatic carbocycles. The summed E-state index contributed by atoms with van der Waals surface area (Å²) in [5, 5.41) is 2.31. The molecule has 0 saturated carbocycles. The zero-order valence-electron chi connectivity index (χ0n) is 4.93. The molecular weight excluding hydrogens is 191 g/mol. The Morgan fingerprint density at radius 3 is 2.80 bits per heavy atom. The lowest BCUT2D eigenvalue weighted by atomic mass is 10.4. The average molecular weight is 195 g/mol. The van der Waals surface area contributed by atoms with E-state index in [1.54, 1.807) is 11.4 Å². The van der Waals surface area contributed by atoms with Crippen molar-refractivity contribution in [1.82, 2.24) is 0 Å². The van der Waals surface area contributed by atoms with Crippen LogP contribution in [-0.4, -0.2) is 11.7 Å². The van der Waals surface area contributed by atoms with Gasteiger partial charge in [-0.15, -0.1) is 22.9 Å². The van der Waals surface area contributed by atoms with Gasteiger partial charge in [0.2, 0.25) is 0 Å². The summed E-state index contributed by atoms with van der Waals surface area (Å²) in [5.41, 5.74) is 0. The molecular formula is C6H4Cl2OS. The van der Waals surface area contributed by atoms with E-state index in [0.29, 0.717) is 9.90 Å². The Hall–Kier alpha value is -0.0500. The van der Waals surface area contributed by atoms with Crippen molar-refractivity contribution in [2.24, 2.45) is 0 Å². The molecule has 0 aliphatic carbocycles. The lowest BCUT2D eigenvalue weighted by molar-refractivity contribution is 0.102. The van der Waals surface area contributed by atoms with Gasteiger partial charge in [0.1, 0.15) is 0 Å². The van der Waals surface area contributed by atoms with Crippen molar-refractivity contribution in [2.45, 2.75) is 0 Å². The van der Waals surface area contributed by atoms with Crippen LogP contribution in [0.1, 0.15) is 9.67 Å². The van der Waals surface area contributed by atoms with Crippen LogP contribution >= 0.6 is 34.5 Å². The predicted molar refractivity (Wildman–Crippen MR) is 44.4 cm³/mol. The number of hydrogen-bond acceptors (Lipinski definition) is 2. The van der Waals surface area contributed by atoms with Crippen molar-refractivity contribution in [3.05, 3.63) is 21.3 Å². The first-order valence-electron chi connectivity index (χ1n) is 2.57. The molecule has 1 aromatic heterocycles. The molecule has 4 heteroatoms. The van der Waals surface area contributed by atoms with Crippen LogP contribution in [0.2, 0.25) is 5.02 Å². The maximum Gasteiger partial charge on any atom is 0.187 e. The van der Waals surface area contributed by atoms with E-state index in [1.165, 1.54) is 11.3 Å². The minimum atomic E-state index is -0.0708. The van der Waals surface area contributed by atoms with Crippen LogP contribution in [0.5, 0.6) is 0 Å². The summed E-state index contributed by atoms with van der Waals surface area (Å²) >= 11 is 12.2. The van der Waals surface area contributed by atoms with E-state index < -0.39 is 0 Å². The quantitative estimate of drug-likeness (QED) is 0.523. The summed E-state index contributed by atoms with van der Waals surface area (Å²) in [6.45, 7) is 0. The summed E-state index contributed by atoms with van der Waals surface area (Å²) in [6.07, 6.45) is 0. The molecule has 1 heterocycles. The number of carbonyl (C=O) groups excluding carboxylic acids is 1. The summed E-state index contributed by atoms with van der Waals surface area (Å²) in [6, 6.07) is 1.62. The van der Waals surface area contributed by atoms with Gasteiger partial charge in [0.05, 0.1) is 15.8 Å². The molecule has 0 amide bonds. The third-order valence-corrected chi connectivity index (χ3v) is 2.53. The third-order valence-electron chi connectivity index (χ3n) is 0.964. The van der Waals surface area contributed by atoms with Crippen LogP contribution in [0.4, 0.5) is 0 Å². The van der Waals surface area contributed by atoms with Crippen LogP contribution in [0.15, 0.2) is 11.4 Å². The topological polar surface area (TPSA) is 17.1 Å². The van der Waals surface area contributed by atoms with E-state index in [9.17, 15) is 4.79 Å². The molecule has 0 radical (unpaired) electrons. The van der Waals surface area contributed by atoms with Gasteiger partial charge >= 0.3 is 0 Å². The fraction of sp³-hybridized carbons (Fsp3) is 0.167. The molecule has 0 aliphatic heterocycles. The molecule has 0 aliphatic rings. The van der Waals surface area contributed by atoms with E-state index in [0.717, 1.165) is 0 Å². The van der Waals surface area contributed by atoms with Crippen LogP contribution in [0.3, 0.4) is 0 Å². The van der Waals surface area contributed by atoms with Gasteiger partial charge < -0.3 is 0 Å². The molecule has 0 bridgehead atoms. The van der Waals surface area contributed by atoms with Gasteiger partial charge in [0.15, 0.2) is 5.78 Å². The number of hydrogen-bond donors (Lipinski definition) is 0. The lowest BCUT2D eigenvalue weighted by Crippen LogP contribution is -1.95. The largest absolute Gasteiger partial charge is 0.292 e. The van der Waals surface area contributed by atoms with Gasteiger partial charge in [-0.25, -0.2) is 0 Å². The maximum atomic E-state index is 10.8. The first-order valence-corrected chi connectivity index (χ1v) is 4.36. The zero-order chi connectivity index (χ0) is 7.56. The van der Waals surface area contributed by atoms with Gasteiger partial charge in [-0.05, 0) is 6.07 Å². The highest BCUT2D eigenvalue weighted by Crippen LogP contribution is 2.19. The van der Waals surface area contributed by atoms with Crippen LogP contribution in [-0.2, 0) is 0 Å². The van der Waals surface area contributed by atoms with Crippen molar-refractivity contribution in [3.8, 4) is 0 Å². The molecule has 1 rings (SSSR count). The fourth-order valence-electron chi connectivity index (χ4n) is 0.525. The summed E-state index contributed by atoms with van der Waals surface area (Å²) in [5.74, 6) is -0.0461. The molecule has 0 fully saturated rings. The number of rotatable bonds is 2. The number of alkyl halides is 1. The normalized spacial score (nSPS) is 9.80. The standard InChI is InChI=1S/C6H4Cl2OS/c7-2-5(9)6-1-4(8)3-10-6/h1,3H,2H2. The van der Waals surface area contributed by atoms with Crippen molar-refractivity contribution >= 4 is 40.3 Å². The van der Waals surface area contributed by atoms with E-state index in [-0.39, 0.29) is 11.7 Å². The first kappa shape index (κ1) is 8.05. The van der Waals surface area contributed by atoms with Gasteiger partial charge in [-0.2, -0.15) is 0 Å². The second-order valence-corrected chi connectivity index (χ2v) is 3.30. The van der Waals surface area contributed by atoms with Crippen molar-refractivity contribution in [1.29, 1.82) is 0 Å². The minimum Gasteiger partial charge on any atom is -0.292 e. The first-order chi connectivity index (χ1) is 4.74. The van der Waals surface area contributed by atoms with Crippen molar-refractivity contribution in [3.63, 3.8) is 0 Å². The molecule has 0 atom stereocenters. The molecule has 0 saturated heterocycles. The Kier molecular flexibility index (Phi) is 2.72. The van der Waals surface area contributed by atoms with Gasteiger partial charge in [-0.3, -0.25) is 4.79 Å². The predicted octanol–water partition coefficient (Wildman–Crippen LogP) is 2.82. The highest BCUT2D eigenvalue weighted by atomic mass is 35.5. The fourth-order valence-corrected chi connectivity index (χ4v) is 1.76. The Bertz CT molecular complexity index is 244. The Morgan fingerprint density at radius 2 is 2.40 bits per heavy atom. The van der Waals surface area contributed by atoms with E-state index in [2.05, 4.69) is 0 Å². The molecule has 0 unspecified atom stereocenters. The number of Topliss-reactive ketones (excluding diaryl/α,β-unsaturated/α-hetero) is 1. The number of halogens is 2. The third kappa shape index (κ3) is 1.72. The summed E-state index contributed by atoms with van der Waals surface area (Å²) in [7, 11) is 0. The highest BCUT2D eigenvalue weighted by molar-refractivity contribution is 7.12. The monoisotopic (exact) mass is 194 g/mol. The smallest absolute Gasteiger partial charge is 0.187 e. The number of thiophene rings is 1. The van der Waals surface area contributed by atoms with E-state index in [1.807, 2.05) is 0 Å². The molecule has 1 nitrogen and oxygen atoms in total. The minimum absolute atomic E-state index is 0.0246. The Labute approximate surface area is 72.6 Å². The molecule has 10 heavy (non-hydrogen) atoms. The highest BCUT2D eigenvalue weighted by Gasteiger charge is 2.05. The van der Waals surface area contributed by atoms with E-state index in [4.69, 9.17) is 23.2 Å². The lowest BCUT2D eigenvalue weighted by Gasteiger charge is -1.85. The van der Waals surface area contributed by atoms with E-state index >= 15 is 0 Å². The van der Waals surface area contributed by atoms with Gasteiger partial charge in [-0.1, -0.05) is 11.6 Å². The number of carbonyl (C=O) groups is 1. The zero-order valence-corrected chi connectivity index (χ0v) is 7.26. The molecule has 0 N–H and O–H groups in total. The molecule has 54 valence electrons. The summed E-state index contributed by atoms with van der Waals surface area (Å²) in [4.78, 5) is 11.5. The average Bonchev–Trinajstić information content (AvgIpc) is 2.34. The van der Waals surface area contributed by atoms with Crippen molar-refractivity contribution < 1.29 is 4.79 Å². The SMILES string of the molecule is O=C(CCl)c1cc(Cl)cs1. The van der Waals surface area contributed by atoms with Crippen LogP contribution in [0.25, 0.3) is 0 Å².